The maximum atomic E-state index is 12.0. The molecule has 2 atom stereocenters. The van der Waals surface area contributed by atoms with Crippen molar-refractivity contribution < 1.29 is 23.4 Å². The number of carboxylic acids is 1. The van der Waals surface area contributed by atoms with Gasteiger partial charge in [0.15, 0.2) is 0 Å². The molecule has 0 amide bonds. The molecule has 4 rings (SSSR count). The number of hydrogen-bond donors (Lipinski definition) is 4. The number of sulfonamides is 1. The molecule has 200 valence electrons. The van der Waals surface area contributed by atoms with E-state index in [1.54, 1.807) is 47.0 Å². The molecule has 1 aromatic heterocycles. The number of carboxylic acid groups (broad SMARTS) is 1. The van der Waals surface area contributed by atoms with Crippen LogP contribution in [-0.4, -0.2) is 48.0 Å². The maximum Gasteiger partial charge on any atom is 0.352 e. The first-order valence-corrected chi connectivity index (χ1v) is 14.3. The van der Waals surface area contributed by atoms with Crippen molar-refractivity contribution in [3.05, 3.63) is 100 Å². The number of aromatic carboxylic acids is 1. The standard InChI is InChI=1S/C28H30ClN3O5S/c1-18(30-16-27(33)21-4-3-5-23(29)14-21)12-20-8-11-25-22(13-20)15-26(28(34)35)32(25)17-19-6-9-24(10-7-19)31-38(2,36)37/h3-11,13-15,18,27,30-31,33H,12,16-17H2,1-2H3,(H,34,35)/t18-,27-/m1/s1. The second-order valence-electron chi connectivity index (χ2n) is 9.47. The normalized spacial score (nSPS) is 13.4. The van der Waals surface area contributed by atoms with Crippen molar-refractivity contribution in [1.29, 1.82) is 0 Å². The molecule has 0 radical (unpaired) electrons. The summed E-state index contributed by atoms with van der Waals surface area (Å²) in [7, 11) is -3.38. The zero-order valence-corrected chi connectivity index (χ0v) is 22.6. The molecule has 4 N–H and O–H groups in total. The van der Waals surface area contributed by atoms with E-state index < -0.39 is 22.1 Å². The Balaban J connectivity index is 1.47. The number of benzene rings is 3. The lowest BCUT2D eigenvalue weighted by molar-refractivity contribution is 0.0686. The van der Waals surface area contributed by atoms with Crippen molar-refractivity contribution >= 4 is 44.2 Å². The minimum absolute atomic E-state index is 0.0707. The Hall–Kier alpha value is -3.37. The van der Waals surface area contributed by atoms with Crippen molar-refractivity contribution in [1.82, 2.24) is 9.88 Å². The Morgan fingerprint density at radius 2 is 1.74 bits per heavy atom. The van der Waals surface area contributed by atoms with E-state index in [1.165, 1.54) is 0 Å². The van der Waals surface area contributed by atoms with Crippen LogP contribution in [0.2, 0.25) is 5.02 Å². The van der Waals surface area contributed by atoms with Gasteiger partial charge in [0.25, 0.3) is 0 Å². The first-order chi connectivity index (χ1) is 18.0. The molecule has 0 unspecified atom stereocenters. The van der Waals surface area contributed by atoms with Gasteiger partial charge in [-0.3, -0.25) is 4.72 Å². The minimum atomic E-state index is -3.38. The molecule has 0 aliphatic heterocycles. The van der Waals surface area contributed by atoms with Gasteiger partial charge < -0.3 is 20.1 Å². The number of hydrogen-bond acceptors (Lipinski definition) is 5. The Labute approximate surface area is 226 Å². The van der Waals surface area contributed by atoms with Crippen LogP contribution in [0.3, 0.4) is 0 Å². The molecule has 4 aromatic rings. The van der Waals surface area contributed by atoms with Crippen LogP contribution in [0.25, 0.3) is 10.9 Å². The number of aliphatic hydroxyl groups excluding tert-OH is 1. The van der Waals surface area contributed by atoms with Crippen molar-refractivity contribution in [2.24, 2.45) is 0 Å². The summed E-state index contributed by atoms with van der Waals surface area (Å²) >= 11 is 6.02. The molecule has 38 heavy (non-hydrogen) atoms. The van der Waals surface area contributed by atoms with E-state index in [1.807, 2.05) is 37.3 Å². The highest BCUT2D eigenvalue weighted by molar-refractivity contribution is 7.92. The number of aliphatic hydroxyl groups is 1. The van der Waals surface area contributed by atoms with Crippen LogP contribution >= 0.6 is 11.6 Å². The van der Waals surface area contributed by atoms with E-state index in [0.717, 1.165) is 33.8 Å². The molecule has 1 heterocycles. The molecule has 3 aromatic carbocycles. The van der Waals surface area contributed by atoms with Gasteiger partial charge in [-0.05, 0) is 72.5 Å². The summed E-state index contributed by atoms with van der Waals surface area (Å²) in [6.07, 6.45) is 1.10. The van der Waals surface area contributed by atoms with Crippen LogP contribution in [0.4, 0.5) is 5.69 Å². The third-order valence-corrected chi connectivity index (χ3v) is 7.06. The minimum Gasteiger partial charge on any atom is -0.477 e. The third-order valence-electron chi connectivity index (χ3n) is 6.22. The Bertz CT molecular complexity index is 1550. The van der Waals surface area contributed by atoms with Gasteiger partial charge in [0.05, 0.1) is 12.4 Å². The lowest BCUT2D eigenvalue weighted by Gasteiger charge is -2.18. The lowest BCUT2D eigenvalue weighted by atomic mass is 10.0. The van der Waals surface area contributed by atoms with Crippen molar-refractivity contribution in [3.8, 4) is 0 Å². The molecular formula is C28H30ClN3O5S. The van der Waals surface area contributed by atoms with E-state index in [-0.39, 0.29) is 11.7 Å². The fourth-order valence-electron chi connectivity index (χ4n) is 4.44. The molecule has 8 nitrogen and oxygen atoms in total. The molecule has 10 heteroatoms. The van der Waals surface area contributed by atoms with Gasteiger partial charge in [-0.2, -0.15) is 0 Å². The summed E-state index contributed by atoms with van der Waals surface area (Å²) in [4.78, 5) is 12.0. The van der Waals surface area contributed by atoms with E-state index in [9.17, 15) is 23.4 Å². The molecule has 0 aliphatic rings. The van der Waals surface area contributed by atoms with E-state index in [4.69, 9.17) is 11.6 Å². The predicted molar refractivity (Wildman–Crippen MR) is 150 cm³/mol. The highest BCUT2D eigenvalue weighted by Crippen LogP contribution is 2.25. The van der Waals surface area contributed by atoms with Gasteiger partial charge in [-0.25, -0.2) is 13.2 Å². The van der Waals surface area contributed by atoms with Gasteiger partial charge in [0, 0.05) is 40.7 Å². The molecule has 0 aliphatic carbocycles. The second-order valence-corrected chi connectivity index (χ2v) is 11.7. The summed E-state index contributed by atoms with van der Waals surface area (Å²) in [5.74, 6) is -1.02. The number of rotatable bonds is 11. The van der Waals surface area contributed by atoms with E-state index in [2.05, 4.69) is 10.0 Å². The maximum absolute atomic E-state index is 12.0. The van der Waals surface area contributed by atoms with E-state index in [0.29, 0.717) is 30.2 Å². The van der Waals surface area contributed by atoms with Crippen LogP contribution in [0.5, 0.6) is 0 Å². The van der Waals surface area contributed by atoms with Gasteiger partial charge in [0.2, 0.25) is 10.0 Å². The first-order valence-electron chi connectivity index (χ1n) is 12.1. The van der Waals surface area contributed by atoms with Gasteiger partial charge in [-0.15, -0.1) is 0 Å². The van der Waals surface area contributed by atoms with Crippen LogP contribution in [-0.2, 0) is 23.0 Å². The number of nitrogens with one attached hydrogen (secondary N) is 2. The zero-order valence-electron chi connectivity index (χ0n) is 21.1. The Kier molecular flexibility index (Phi) is 8.42. The lowest BCUT2D eigenvalue weighted by Crippen LogP contribution is -2.32. The van der Waals surface area contributed by atoms with Gasteiger partial charge in [0.1, 0.15) is 5.69 Å². The third kappa shape index (κ3) is 7.14. The SMILES string of the molecule is C[C@H](Cc1ccc2c(c1)cc(C(=O)O)n2Cc1ccc(NS(C)(=O)=O)cc1)NC[C@@H](O)c1cccc(Cl)c1. The summed E-state index contributed by atoms with van der Waals surface area (Å²) in [5, 5.41) is 25.0. The average molecular weight is 556 g/mol. The molecule has 0 saturated heterocycles. The monoisotopic (exact) mass is 555 g/mol. The number of aromatic nitrogens is 1. The van der Waals surface area contributed by atoms with Crippen molar-refractivity contribution in [2.45, 2.75) is 32.0 Å². The van der Waals surface area contributed by atoms with Gasteiger partial charge in [-0.1, -0.05) is 41.9 Å². The van der Waals surface area contributed by atoms with Crippen LogP contribution in [0, 0.1) is 0 Å². The smallest absolute Gasteiger partial charge is 0.352 e. The van der Waals surface area contributed by atoms with E-state index >= 15 is 0 Å². The second kappa shape index (κ2) is 11.6. The predicted octanol–water partition coefficient (Wildman–Crippen LogP) is 4.67. The summed E-state index contributed by atoms with van der Waals surface area (Å²) in [6, 6.07) is 21.6. The summed E-state index contributed by atoms with van der Waals surface area (Å²) < 4.78 is 27.0. The topological polar surface area (TPSA) is 121 Å². The van der Waals surface area contributed by atoms with Crippen molar-refractivity contribution in [3.63, 3.8) is 0 Å². The first kappa shape index (κ1) is 27.7. The number of anilines is 1. The molecule has 0 bridgehead atoms. The molecule has 0 spiro atoms. The fourth-order valence-corrected chi connectivity index (χ4v) is 5.20. The number of halogens is 1. The summed E-state index contributed by atoms with van der Waals surface area (Å²) in [5.41, 5.74) is 4.04. The fraction of sp³-hybridized carbons (Fsp3) is 0.250. The highest BCUT2D eigenvalue weighted by Gasteiger charge is 2.17. The Morgan fingerprint density at radius 1 is 1.03 bits per heavy atom. The highest BCUT2D eigenvalue weighted by atomic mass is 35.5. The van der Waals surface area contributed by atoms with Crippen LogP contribution in [0.15, 0.2) is 72.8 Å². The largest absolute Gasteiger partial charge is 0.477 e. The number of fused-ring (bicyclic) bond motifs is 1. The quantitative estimate of drug-likeness (QED) is 0.213. The van der Waals surface area contributed by atoms with Crippen molar-refractivity contribution in [2.75, 3.05) is 17.5 Å². The van der Waals surface area contributed by atoms with Crippen LogP contribution in [0.1, 0.15) is 40.2 Å². The zero-order chi connectivity index (χ0) is 27.4. The Morgan fingerprint density at radius 3 is 2.39 bits per heavy atom. The average Bonchev–Trinajstić information content (AvgIpc) is 3.20. The number of nitrogens with zero attached hydrogens (tertiary/aromatic N) is 1. The molecule has 0 fully saturated rings. The van der Waals surface area contributed by atoms with Gasteiger partial charge >= 0.3 is 5.97 Å². The number of carbonyl (C=O) groups is 1. The van der Waals surface area contributed by atoms with Crippen LogP contribution < -0.4 is 10.0 Å². The summed E-state index contributed by atoms with van der Waals surface area (Å²) in [6.45, 7) is 2.73. The molecular weight excluding hydrogens is 526 g/mol. The molecule has 0 saturated carbocycles.